The molecule has 0 bridgehead atoms. The fraction of sp³-hybridized carbons (Fsp3) is 0.895. The number of rotatable bonds is 6. The molecule has 2 aliphatic heterocycles. The Hall–Kier alpha value is -1.02. The zero-order valence-electron chi connectivity index (χ0n) is 17.2. The van der Waals surface area contributed by atoms with Crippen LogP contribution in [0.2, 0.25) is 0 Å². The predicted octanol–water partition coefficient (Wildman–Crippen LogP) is 1.17. The van der Waals surface area contributed by atoms with Gasteiger partial charge in [0.1, 0.15) is 11.6 Å². The Morgan fingerprint density at radius 1 is 1.15 bits per heavy atom. The molecule has 2 fully saturated rings. The van der Waals surface area contributed by atoms with Gasteiger partial charge < -0.3 is 19.1 Å². The van der Waals surface area contributed by atoms with Gasteiger partial charge in [0.25, 0.3) is 0 Å². The highest BCUT2D eigenvalue weighted by atomic mass is 16.5. The lowest BCUT2D eigenvalue weighted by Gasteiger charge is -2.45. The van der Waals surface area contributed by atoms with Crippen molar-refractivity contribution >= 4 is 0 Å². The number of nitrogens with zero attached hydrogens (tertiary/aromatic N) is 6. The fourth-order valence-corrected chi connectivity index (χ4v) is 4.38. The first-order valence-electron chi connectivity index (χ1n) is 9.95. The van der Waals surface area contributed by atoms with E-state index in [4.69, 9.17) is 4.74 Å². The molecule has 1 atom stereocenters. The predicted molar refractivity (Wildman–Crippen MR) is 103 cm³/mol. The monoisotopic (exact) mass is 364 g/mol. The van der Waals surface area contributed by atoms with Crippen LogP contribution >= 0.6 is 0 Å². The van der Waals surface area contributed by atoms with Gasteiger partial charge in [0.2, 0.25) is 0 Å². The summed E-state index contributed by atoms with van der Waals surface area (Å²) in [5.74, 6) is 2.68. The summed E-state index contributed by atoms with van der Waals surface area (Å²) in [4.78, 5) is 7.35. The third-order valence-electron chi connectivity index (χ3n) is 5.80. The first-order chi connectivity index (χ1) is 12.4. The number of hydrogen-bond donors (Lipinski definition) is 0. The summed E-state index contributed by atoms with van der Waals surface area (Å²) in [6.07, 6.45) is 2.45. The average molecular weight is 365 g/mol. The van der Waals surface area contributed by atoms with E-state index in [1.807, 2.05) is 0 Å². The van der Waals surface area contributed by atoms with Crippen molar-refractivity contribution in [2.24, 2.45) is 7.05 Å². The van der Waals surface area contributed by atoms with Crippen molar-refractivity contribution in [2.75, 3.05) is 60.0 Å². The van der Waals surface area contributed by atoms with Crippen LogP contribution in [-0.4, -0.2) is 95.0 Å². The van der Waals surface area contributed by atoms with Gasteiger partial charge in [-0.1, -0.05) is 0 Å². The van der Waals surface area contributed by atoms with Gasteiger partial charge in [-0.3, -0.25) is 4.90 Å². The minimum Gasteiger partial charge on any atom is -0.379 e. The molecule has 7 heteroatoms. The first kappa shape index (κ1) is 19.7. The third-order valence-corrected chi connectivity index (χ3v) is 5.80. The number of piperidine rings is 1. The van der Waals surface area contributed by atoms with Gasteiger partial charge in [-0.25, -0.2) is 0 Å². The maximum absolute atomic E-state index is 5.53. The first-order valence-corrected chi connectivity index (χ1v) is 9.95. The Balaban J connectivity index is 1.63. The lowest BCUT2D eigenvalue weighted by Crippen LogP contribution is -2.56. The fourth-order valence-electron chi connectivity index (χ4n) is 4.38. The van der Waals surface area contributed by atoms with Gasteiger partial charge >= 0.3 is 0 Å². The highest BCUT2D eigenvalue weighted by Gasteiger charge is 2.33. The van der Waals surface area contributed by atoms with E-state index < -0.39 is 0 Å². The van der Waals surface area contributed by atoms with E-state index in [1.165, 1.54) is 19.4 Å². The highest BCUT2D eigenvalue weighted by Crippen LogP contribution is 2.28. The van der Waals surface area contributed by atoms with E-state index in [-0.39, 0.29) is 5.54 Å². The van der Waals surface area contributed by atoms with Gasteiger partial charge in [-0.2, -0.15) is 0 Å². The lowest BCUT2D eigenvalue weighted by atomic mass is 9.94. The Kier molecular flexibility index (Phi) is 6.33. The van der Waals surface area contributed by atoms with Crippen molar-refractivity contribution in [1.29, 1.82) is 0 Å². The smallest absolute Gasteiger partial charge is 0.146 e. The zero-order valence-corrected chi connectivity index (χ0v) is 17.2. The van der Waals surface area contributed by atoms with Crippen LogP contribution in [0.4, 0.5) is 0 Å². The quantitative estimate of drug-likeness (QED) is 0.755. The van der Waals surface area contributed by atoms with E-state index in [0.717, 1.165) is 57.6 Å². The highest BCUT2D eigenvalue weighted by molar-refractivity contribution is 5.04. The average Bonchev–Trinajstić information content (AvgIpc) is 2.96. The zero-order chi connectivity index (χ0) is 18.7. The second-order valence-electron chi connectivity index (χ2n) is 8.76. The minimum atomic E-state index is 0.182. The van der Waals surface area contributed by atoms with Crippen molar-refractivity contribution < 1.29 is 4.74 Å². The summed E-state index contributed by atoms with van der Waals surface area (Å²) in [5.41, 5.74) is 0.182. The molecule has 0 spiro atoms. The van der Waals surface area contributed by atoms with Crippen molar-refractivity contribution in [1.82, 2.24) is 29.5 Å². The second kappa shape index (κ2) is 8.33. The number of aromatic nitrogens is 3. The molecule has 0 aliphatic carbocycles. The summed E-state index contributed by atoms with van der Waals surface area (Å²) in [6, 6.07) is 0. The summed E-state index contributed by atoms with van der Waals surface area (Å²) >= 11 is 0. The van der Waals surface area contributed by atoms with Crippen LogP contribution in [0.1, 0.15) is 44.3 Å². The standard InChI is InChI=1S/C19H36N6O/c1-19(2,25-9-11-26-12-10-25)15-24-8-6-7-16(13-24)18-21-20-17(23(18)5)14-22(3)4/h16H,6-15H2,1-5H3/t16-/m1/s1. The van der Waals surface area contributed by atoms with Crippen LogP contribution in [0.25, 0.3) is 0 Å². The summed E-state index contributed by atoms with van der Waals surface area (Å²) in [7, 11) is 6.26. The van der Waals surface area contributed by atoms with Crippen LogP contribution in [-0.2, 0) is 18.3 Å². The molecule has 3 rings (SSSR count). The molecule has 7 nitrogen and oxygen atoms in total. The van der Waals surface area contributed by atoms with Gasteiger partial charge in [-0.05, 0) is 47.3 Å². The van der Waals surface area contributed by atoms with Crippen molar-refractivity contribution in [3.05, 3.63) is 11.6 Å². The summed E-state index contributed by atoms with van der Waals surface area (Å²) in [6.45, 7) is 12.8. The van der Waals surface area contributed by atoms with Gasteiger partial charge in [-0.15, -0.1) is 10.2 Å². The molecule has 2 aliphatic rings. The van der Waals surface area contributed by atoms with Crippen LogP contribution in [0.5, 0.6) is 0 Å². The Labute approximate surface area is 158 Å². The molecule has 1 aromatic heterocycles. The number of likely N-dealkylation sites (tertiary alicyclic amines) is 1. The third kappa shape index (κ3) is 4.63. The Bertz CT molecular complexity index is 579. The molecule has 0 aromatic carbocycles. The van der Waals surface area contributed by atoms with E-state index in [9.17, 15) is 0 Å². The minimum absolute atomic E-state index is 0.182. The molecule has 148 valence electrons. The molecular weight excluding hydrogens is 328 g/mol. The van der Waals surface area contributed by atoms with Gasteiger partial charge in [0.05, 0.1) is 19.8 Å². The number of ether oxygens (including phenoxy) is 1. The maximum Gasteiger partial charge on any atom is 0.146 e. The van der Waals surface area contributed by atoms with E-state index in [2.05, 4.69) is 64.5 Å². The van der Waals surface area contributed by atoms with Crippen molar-refractivity contribution in [3.8, 4) is 0 Å². The molecule has 0 radical (unpaired) electrons. The van der Waals surface area contributed by atoms with Crippen molar-refractivity contribution in [2.45, 2.75) is 44.7 Å². The molecular formula is C19H36N6O. The number of hydrogen-bond acceptors (Lipinski definition) is 6. The molecule has 0 saturated carbocycles. The number of morpholine rings is 1. The summed E-state index contributed by atoms with van der Waals surface area (Å²) in [5, 5.41) is 8.98. The molecule has 0 amide bonds. The van der Waals surface area contributed by atoms with Gasteiger partial charge in [0, 0.05) is 44.7 Å². The largest absolute Gasteiger partial charge is 0.379 e. The lowest BCUT2D eigenvalue weighted by molar-refractivity contribution is -0.0243. The van der Waals surface area contributed by atoms with E-state index >= 15 is 0 Å². The van der Waals surface area contributed by atoms with Crippen LogP contribution < -0.4 is 0 Å². The topological polar surface area (TPSA) is 49.7 Å². The molecule has 2 saturated heterocycles. The molecule has 1 aromatic rings. The SMILES string of the molecule is CN(C)Cc1nnc([C@@H]2CCCN(CC(C)(C)N3CCOCC3)C2)n1C. The second-order valence-corrected chi connectivity index (χ2v) is 8.76. The van der Waals surface area contributed by atoms with Crippen LogP contribution in [0, 0.1) is 0 Å². The van der Waals surface area contributed by atoms with Crippen LogP contribution in [0.3, 0.4) is 0 Å². The normalized spacial score (nSPS) is 23.7. The molecule has 0 N–H and O–H groups in total. The summed E-state index contributed by atoms with van der Waals surface area (Å²) < 4.78 is 7.74. The maximum atomic E-state index is 5.53. The van der Waals surface area contributed by atoms with E-state index in [1.54, 1.807) is 0 Å². The molecule has 3 heterocycles. The van der Waals surface area contributed by atoms with E-state index in [0.29, 0.717) is 5.92 Å². The Morgan fingerprint density at radius 3 is 2.58 bits per heavy atom. The molecule has 26 heavy (non-hydrogen) atoms. The van der Waals surface area contributed by atoms with Crippen LogP contribution in [0.15, 0.2) is 0 Å². The van der Waals surface area contributed by atoms with Gasteiger partial charge in [0.15, 0.2) is 0 Å². The Morgan fingerprint density at radius 2 is 1.88 bits per heavy atom. The molecule has 0 unspecified atom stereocenters. The van der Waals surface area contributed by atoms with Crippen molar-refractivity contribution in [3.63, 3.8) is 0 Å².